The van der Waals surface area contributed by atoms with E-state index in [9.17, 15) is 9.18 Å². The maximum absolute atomic E-state index is 13.7. The normalized spacial score (nSPS) is 10.5. The molecule has 0 unspecified atom stereocenters. The van der Waals surface area contributed by atoms with Gasteiger partial charge in [-0.1, -0.05) is 23.7 Å². The van der Waals surface area contributed by atoms with Gasteiger partial charge in [0, 0.05) is 47.7 Å². The molecule has 2 aromatic heterocycles. The van der Waals surface area contributed by atoms with Gasteiger partial charge in [-0.3, -0.25) is 14.8 Å². The lowest BCUT2D eigenvalue weighted by atomic mass is 10.1. The number of aromatic nitrogens is 2. The summed E-state index contributed by atoms with van der Waals surface area (Å²) in [6, 6.07) is 12.1. The highest BCUT2D eigenvalue weighted by molar-refractivity contribution is 6.31. The molecule has 3 rings (SSSR count). The maximum atomic E-state index is 13.7. The van der Waals surface area contributed by atoms with Crippen LogP contribution < -0.4 is 5.32 Å². The Balaban J connectivity index is 1.52. The van der Waals surface area contributed by atoms with Crippen LogP contribution in [0, 0.1) is 5.82 Å². The Bertz CT molecular complexity index is 865. The van der Waals surface area contributed by atoms with Crippen LogP contribution in [0.25, 0.3) is 11.3 Å². The Kier molecular flexibility index (Phi) is 5.92. The van der Waals surface area contributed by atoms with E-state index in [1.165, 1.54) is 6.07 Å². The summed E-state index contributed by atoms with van der Waals surface area (Å²) in [6.07, 6.45) is 5.60. The minimum Gasteiger partial charge on any atom is -0.352 e. The first-order chi connectivity index (χ1) is 12.6. The molecule has 4 nitrogen and oxygen atoms in total. The molecule has 0 bridgehead atoms. The van der Waals surface area contributed by atoms with Crippen LogP contribution in [0.1, 0.15) is 17.5 Å². The zero-order valence-corrected chi connectivity index (χ0v) is 14.7. The highest BCUT2D eigenvalue weighted by atomic mass is 35.5. The fourth-order valence-corrected chi connectivity index (χ4v) is 2.77. The molecule has 0 fully saturated rings. The van der Waals surface area contributed by atoms with Crippen molar-refractivity contribution in [1.82, 2.24) is 15.3 Å². The van der Waals surface area contributed by atoms with Gasteiger partial charge in [-0.05, 0) is 42.3 Å². The van der Waals surface area contributed by atoms with E-state index < -0.39 is 0 Å². The molecule has 1 amide bonds. The quantitative estimate of drug-likeness (QED) is 0.709. The van der Waals surface area contributed by atoms with Crippen molar-refractivity contribution in [2.75, 3.05) is 0 Å². The number of hydrogen-bond acceptors (Lipinski definition) is 3. The second-order valence-corrected chi connectivity index (χ2v) is 6.18. The first kappa shape index (κ1) is 18.0. The molecule has 1 N–H and O–H groups in total. The van der Waals surface area contributed by atoms with Gasteiger partial charge in [0.1, 0.15) is 5.82 Å². The van der Waals surface area contributed by atoms with Crippen molar-refractivity contribution in [2.45, 2.75) is 19.4 Å². The van der Waals surface area contributed by atoms with Gasteiger partial charge < -0.3 is 5.32 Å². The van der Waals surface area contributed by atoms with E-state index in [0.29, 0.717) is 17.1 Å². The van der Waals surface area contributed by atoms with E-state index in [-0.39, 0.29) is 24.6 Å². The van der Waals surface area contributed by atoms with Crippen LogP contribution in [0.2, 0.25) is 5.02 Å². The Hall–Kier alpha value is -2.79. The summed E-state index contributed by atoms with van der Waals surface area (Å²) in [7, 11) is 0. The van der Waals surface area contributed by atoms with Gasteiger partial charge in [-0.25, -0.2) is 4.39 Å². The van der Waals surface area contributed by atoms with E-state index >= 15 is 0 Å². The Labute approximate surface area is 156 Å². The predicted molar refractivity (Wildman–Crippen MR) is 99.0 cm³/mol. The molecule has 0 saturated heterocycles. The van der Waals surface area contributed by atoms with Crippen LogP contribution in [-0.4, -0.2) is 15.9 Å². The highest BCUT2D eigenvalue weighted by Gasteiger charge is 2.09. The monoisotopic (exact) mass is 369 g/mol. The summed E-state index contributed by atoms with van der Waals surface area (Å²) < 4.78 is 13.7. The maximum Gasteiger partial charge on any atom is 0.220 e. The van der Waals surface area contributed by atoms with Crippen molar-refractivity contribution in [3.63, 3.8) is 0 Å². The molecule has 26 heavy (non-hydrogen) atoms. The third-order valence-corrected chi connectivity index (χ3v) is 4.29. The number of amides is 1. The molecule has 132 valence electrons. The lowest BCUT2D eigenvalue weighted by Gasteiger charge is -2.08. The number of carbonyl (C=O) groups is 1. The second kappa shape index (κ2) is 8.54. The first-order valence-electron chi connectivity index (χ1n) is 8.18. The first-order valence-corrected chi connectivity index (χ1v) is 8.56. The molecule has 0 aliphatic rings. The van der Waals surface area contributed by atoms with E-state index in [1.807, 2.05) is 24.3 Å². The third kappa shape index (κ3) is 4.64. The van der Waals surface area contributed by atoms with E-state index in [0.717, 1.165) is 16.8 Å². The van der Waals surface area contributed by atoms with Gasteiger partial charge in [-0.2, -0.15) is 0 Å². The fourth-order valence-electron chi connectivity index (χ4n) is 2.51. The van der Waals surface area contributed by atoms with E-state index in [2.05, 4.69) is 15.3 Å². The number of benzene rings is 1. The predicted octanol–water partition coefficient (Wildman–Crippen LogP) is 4.19. The van der Waals surface area contributed by atoms with Crippen LogP contribution >= 0.6 is 11.6 Å². The van der Waals surface area contributed by atoms with Gasteiger partial charge in [-0.15, -0.1) is 0 Å². The zero-order chi connectivity index (χ0) is 18.4. The Morgan fingerprint density at radius 2 is 2.00 bits per heavy atom. The molecule has 0 radical (unpaired) electrons. The number of pyridine rings is 2. The molecule has 0 spiro atoms. The summed E-state index contributed by atoms with van der Waals surface area (Å²) in [5, 5.41) is 3.15. The summed E-state index contributed by atoms with van der Waals surface area (Å²) in [4.78, 5) is 20.4. The molecule has 3 aromatic rings. The van der Waals surface area contributed by atoms with Gasteiger partial charge >= 0.3 is 0 Å². The molecule has 0 aliphatic carbocycles. The smallest absolute Gasteiger partial charge is 0.220 e. The van der Waals surface area contributed by atoms with Crippen LogP contribution in [0.3, 0.4) is 0 Å². The van der Waals surface area contributed by atoms with E-state index in [4.69, 9.17) is 11.6 Å². The minimum atomic E-state index is -0.388. The summed E-state index contributed by atoms with van der Waals surface area (Å²) in [5.41, 5.74) is 3.01. The van der Waals surface area contributed by atoms with Gasteiger partial charge in [0.2, 0.25) is 5.91 Å². The molecule has 2 heterocycles. The summed E-state index contributed by atoms with van der Waals surface area (Å²) in [6.45, 7) is 0.365. The number of hydrogen-bond donors (Lipinski definition) is 1. The largest absolute Gasteiger partial charge is 0.352 e. The minimum absolute atomic E-state index is 0.166. The fraction of sp³-hybridized carbons (Fsp3) is 0.150. The van der Waals surface area contributed by atoms with Crippen molar-refractivity contribution in [1.29, 1.82) is 0 Å². The van der Waals surface area contributed by atoms with Crippen molar-refractivity contribution in [2.24, 2.45) is 0 Å². The van der Waals surface area contributed by atoms with Crippen LogP contribution in [0.4, 0.5) is 4.39 Å². The molecule has 6 heteroatoms. The Morgan fingerprint density at radius 1 is 1.12 bits per heavy atom. The number of nitrogens with one attached hydrogen (secondary N) is 1. The van der Waals surface area contributed by atoms with Crippen LogP contribution in [0.5, 0.6) is 0 Å². The zero-order valence-electron chi connectivity index (χ0n) is 14.0. The van der Waals surface area contributed by atoms with Crippen molar-refractivity contribution in [3.8, 4) is 11.3 Å². The van der Waals surface area contributed by atoms with E-state index in [1.54, 1.807) is 30.7 Å². The lowest BCUT2D eigenvalue weighted by Crippen LogP contribution is -2.23. The number of carbonyl (C=O) groups excluding carboxylic acids is 1. The van der Waals surface area contributed by atoms with Crippen molar-refractivity contribution >= 4 is 17.5 Å². The van der Waals surface area contributed by atoms with Crippen molar-refractivity contribution < 1.29 is 9.18 Å². The van der Waals surface area contributed by atoms with Crippen molar-refractivity contribution in [3.05, 3.63) is 83.0 Å². The molecule has 0 aliphatic heterocycles. The molecular weight excluding hydrogens is 353 g/mol. The van der Waals surface area contributed by atoms with Crippen LogP contribution in [-0.2, 0) is 17.8 Å². The summed E-state index contributed by atoms with van der Waals surface area (Å²) >= 11 is 5.97. The van der Waals surface area contributed by atoms with Crippen LogP contribution in [0.15, 0.2) is 61.1 Å². The SMILES string of the molecule is O=C(CCc1c(F)cccc1Cl)NCc1ccc(-c2cccnc2)nc1. The third-order valence-electron chi connectivity index (χ3n) is 3.94. The molecule has 0 atom stereocenters. The standard InChI is InChI=1S/C20H17ClFN3O/c21-17-4-1-5-18(22)16(17)7-9-20(26)25-12-14-6-8-19(24-11-14)15-3-2-10-23-13-15/h1-6,8,10-11,13H,7,9,12H2,(H,25,26). The average molecular weight is 370 g/mol. The molecular formula is C20H17ClFN3O. The number of halogens is 2. The molecule has 1 aromatic carbocycles. The van der Waals surface area contributed by atoms with Gasteiger partial charge in [0.05, 0.1) is 5.69 Å². The van der Waals surface area contributed by atoms with Gasteiger partial charge in [0.15, 0.2) is 0 Å². The Morgan fingerprint density at radius 3 is 2.69 bits per heavy atom. The average Bonchev–Trinajstić information content (AvgIpc) is 2.67. The topological polar surface area (TPSA) is 54.9 Å². The van der Waals surface area contributed by atoms with Gasteiger partial charge in [0.25, 0.3) is 0 Å². The lowest BCUT2D eigenvalue weighted by molar-refractivity contribution is -0.121. The number of rotatable bonds is 6. The molecule has 0 saturated carbocycles. The number of nitrogens with zero attached hydrogens (tertiary/aromatic N) is 2. The summed E-state index contributed by atoms with van der Waals surface area (Å²) in [5.74, 6) is -0.554. The second-order valence-electron chi connectivity index (χ2n) is 5.77. The highest BCUT2D eigenvalue weighted by Crippen LogP contribution is 2.20.